The maximum absolute atomic E-state index is 12.8. The van der Waals surface area contributed by atoms with Gasteiger partial charge < -0.3 is 15.2 Å². The summed E-state index contributed by atoms with van der Waals surface area (Å²) in [6, 6.07) is 7.47. The van der Waals surface area contributed by atoms with Gasteiger partial charge >= 0.3 is 0 Å². The highest BCUT2D eigenvalue weighted by molar-refractivity contribution is 6.28. The number of H-pyrrole nitrogens is 1. The molecule has 3 aromatic rings. The quantitative estimate of drug-likeness (QED) is 0.661. The van der Waals surface area contributed by atoms with Gasteiger partial charge in [-0.1, -0.05) is 12.1 Å². The number of carbonyl (C=O) groups excluding carboxylic acids is 1. The Morgan fingerprint density at radius 1 is 1.25 bits per heavy atom. The Hall–Kier alpha value is -2.48. The minimum absolute atomic E-state index is 0.00159. The number of nitrogens with one attached hydrogen (secondary N) is 2. The lowest BCUT2D eigenvalue weighted by atomic mass is 10.1. The molecule has 8 heteroatoms. The highest BCUT2D eigenvalue weighted by Gasteiger charge is 2.25. The van der Waals surface area contributed by atoms with E-state index in [1.165, 1.54) is 0 Å². The van der Waals surface area contributed by atoms with Crippen molar-refractivity contribution in [2.75, 3.05) is 38.5 Å². The zero-order valence-corrected chi connectivity index (χ0v) is 16.7. The van der Waals surface area contributed by atoms with Crippen molar-refractivity contribution in [2.45, 2.75) is 13.0 Å². The molecule has 1 aliphatic rings. The number of hydrogen-bond acceptors (Lipinski definition) is 5. The Labute approximate surface area is 168 Å². The van der Waals surface area contributed by atoms with Gasteiger partial charge in [0.15, 0.2) is 0 Å². The van der Waals surface area contributed by atoms with Crippen LogP contribution in [0.25, 0.3) is 22.2 Å². The van der Waals surface area contributed by atoms with Crippen LogP contribution in [0.2, 0.25) is 5.28 Å². The van der Waals surface area contributed by atoms with Crippen LogP contribution >= 0.6 is 11.6 Å². The number of likely N-dealkylation sites (N-methyl/N-ethyl adjacent to an activating group) is 1. The van der Waals surface area contributed by atoms with Crippen molar-refractivity contribution < 1.29 is 4.79 Å². The molecule has 1 amide bonds. The number of para-hydroxylation sites is 1. The second-order valence-corrected chi connectivity index (χ2v) is 7.48. The first-order valence-corrected chi connectivity index (χ1v) is 9.73. The second-order valence-electron chi connectivity index (χ2n) is 7.15. The molecule has 0 spiro atoms. The molecule has 3 heterocycles. The van der Waals surface area contributed by atoms with E-state index in [1.54, 1.807) is 6.20 Å². The molecule has 146 valence electrons. The van der Waals surface area contributed by atoms with Crippen molar-refractivity contribution in [1.82, 2.24) is 24.8 Å². The first-order valence-electron chi connectivity index (χ1n) is 9.35. The molecule has 1 aromatic carbocycles. The van der Waals surface area contributed by atoms with Gasteiger partial charge in [-0.3, -0.25) is 9.69 Å². The van der Waals surface area contributed by atoms with E-state index in [0.717, 1.165) is 54.0 Å². The number of halogens is 1. The lowest BCUT2D eigenvalue weighted by molar-refractivity contribution is -0.121. The van der Waals surface area contributed by atoms with Gasteiger partial charge in [0, 0.05) is 49.5 Å². The largest absolute Gasteiger partial charge is 0.359 e. The number of rotatable bonds is 4. The fourth-order valence-corrected chi connectivity index (χ4v) is 3.71. The molecule has 0 saturated carbocycles. The van der Waals surface area contributed by atoms with Crippen LogP contribution in [0.15, 0.2) is 36.7 Å². The van der Waals surface area contributed by atoms with E-state index in [1.807, 2.05) is 37.4 Å². The van der Waals surface area contributed by atoms with Crippen LogP contribution in [-0.2, 0) is 4.79 Å². The number of aromatic nitrogens is 3. The molecule has 4 rings (SSSR count). The minimum atomic E-state index is -0.181. The van der Waals surface area contributed by atoms with Crippen LogP contribution in [0.5, 0.6) is 0 Å². The average molecular weight is 399 g/mol. The molecular weight excluding hydrogens is 376 g/mol. The van der Waals surface area contributed by atoms with Gasteiger partial charge in [0.05, 0.1) is 22.9 Å². The fraction of sp³-hybridized carbons (Fsp3) is 0.350. The standard InChI is InChI=1S/C20H23ClN6O/c1-13(27-10-8-26(2)9-11-27)19(28)24-17-5-3-4-14-15(12-23-18(14)17)16-6-7-22-20(21)25-16/h3-7,12-13,23H,8-11H2,1-2H3,(H,24,28)/t13-/m1/s1. The minimum Gasteiger partial charge on any atom is -0.359 e. The van der Waals surface area contributed by atoms with Crippen molar-refractivity contribution in [3.05, 3.63) is 41.9 Å². The fourth-order valence-electron chi connectivity index (χ4n) is 3.57. The molecule has 2 N–H and O–H groups in total. The van der Waals surface area contributed by atoms with Gasteiger partial charge in [-0.25, -0.2) is 9.97 Å². The van der Waals surface area contributed by atoms with E-state index in [9.17, 15) is 4.79 Å². The van der Waals surface area contributed by atoms with E-state index < -0.39 is 0 Å². The summed E-state index contributed by atoms with van der Waals surface area (Å²) in [6.07, 6.45) is 3.51. The van der Waals surface area contributed by atoms with Gasteiger partial charge in [-0.15, -0.1) is 0 Å². The number of amides is 1. The number of benzene rings is 1. The number of hydrogen-bond donors (Lipinski definition) is 2. The Kier molecular flexibility index (Phi) is 5.30. The van der Waals surface area contributed by atoms with E-state index in [0.29, 0.717) is 0 Å². The van der Waals surface area contributed by atoms with Gasteiger partial charge in [0.2, 0.25) is 11.2 Å². The average Bonchev–Trinajstić information content (AvgIpc) is 3.13. The topological polar surface area (TPSA) is 77.1 Å². The van der Waals surface area contributed by atoms with Crippen molar-refractivity contribution in [3.63, 3.8) is 0 Å². The third-order valence-electron chi connectivity index (χ3n) is 5.34. The summed E-state index contributed by atoms with van der Waals surface area (Å²) in [5.41, 5.74) is 3.28. The molecule has 0 bridgehead atoms. The van der Waals surface area contributed by atoms with Crippen LogP contribution in [0, 0.1) is 0 Å². The summed E-state index contributed by atoms with van der Waals surface area (Å²) in [7, 11) is 2.11. The van der Waals surface area contributed by atoms with Crippen LogP contribution in [0.1, 0.15) is 6.92 Å². The van der Waals surface area contributed by atoms with Crippen molar-refractivity contribution in [2.24, 2.45) is 0 Å². The molecule has 2 aromatic heterocycles. The van der Waals surface area contributed by atoms with E-state index in [-0.39, 0.29) is 17.2 Å². The zero-order chi connectivity index (χ0) is 19.7. The van der Waals surface area contributed by atoms with Crippen LogP contribution in [-0.4, -0.2) is 69.9 Å². The normalized spacial score (nSPS) is 17.0. The number of fused-ring (bicyclic) bond motifs is 1. The first-order chi connectivity index (χ1) is 13.5. The lowest BCUT2D eigenvalue weighted by Crippen LogP contribution is -2.51. The molecular formula is C20H23ClN6O. The zero-order valence-electron chi connectivity index (χ0n) is 15.9. The molecule has 7 nitrogen and oxygen atoms in total. The van der Waals surface area contributed by atoms with Gasteiger partial charge in [0.25, 0.3) is 0 Å². The number of anilines is 1. The first kappa shape index (κ1) is 18.9. The van der Waals surface area contributed by atoms with Crippen molar-refractivity contribution in [3.8, 4) is 11.3 Å². The molecule has 0 radical (unpaired) electrons. The van der Waals surface area contributed by atoms with E-state index in [4.69, 9.17) is 11.6 Å². The predicted molar refractivity (Wildman–Crippen MR) is 111 cm³/mol. The molecule has 28 heavy (non-hydrogen) atoms. The summed E-state index contributed by atoms with van der Waals surface area (Å²) in [6.45, 7) is 5.72. The Morgan fingerprint density at radius 2 is 2.04 bits per heavy atom. The van der Waals surface area contributed by atoms with E-state index >= 15 is 0 Å². The van der Waals surface area contributed by atoms with Gasteiger partial charge in [0.1, 0.15) is 0 Å². The number of piperazine rings is 1. The predicted octanol–water partition coefficient (Wildman–Crippen LogP) is 2.85. The highest BCUT2D eigenvalue weighted by Crippen LogP contribution is 2.31. The third kappa shape index (κ3) is 3.73. The summed E-state index contributed by atoms with van der Waals surface area (Å²) < 4.78 is 0. The molecule has 1 atom stereocenters. The Morgan fingerprint density at radius 3 is 2.79 bits per heavy atom. The van der Waals surface area contributed by atoms with Crippen LogP contribution < -0.4 is 5.32 Å². The van der Waals surface area contributed by atoms with Crippen LogP contribution in [0.4, 0.5) is 5.69 Å². The highest BCUT2D eigenvalue weighted by atomic mass is 35.5. The van der Waals surface area contributed by atoms with Crippen LogP contribution in [0.3, 0.4) is 0 Å². The Balaban J connectivity index is 1.57. The van der Waals surface area contributed by atoms with Gasteiger partial charge in [-0.05, 0) is 37.7 Å². The molecule has 1 saturated heterocycles. The SMILES string of the molecule is C[C@H](C(=O)Nc1cccc2c(-c3ccnc(Cl)n3)c[nH]c12)N1CCN(C)CC1. The lowest BCUT2D eigenvalue weighted by Gasteiger charge is -2.35. The molecule has 0 unspecified atom stereocenters. The Bertz CT molecular complexity index is 995. The van der Waals surface area contributed by atoms with Crippen molar-refractivity contribution in [1.29, 1.82) is 0 Å². The van der Waals surface area contributed by atoms with Gasteiger partial charge in [-0.2, -0.15) is 0 Å². The number of nitrogens with zero attached hydrogens (tertiary/aromatic N) is 4. The smallest absolute Gasteiger partial charge is 0.241 e. The third-order valence-corrected chi connectivity index (χ3v) is 5.52. The monoisotopic (exact) mass is 398 g/mol. The number of carbonyl (C=O) groups is 1. The summed E-state index contributed by atoms with van der Waals surface area (Å²) in [5.74, 6) is -0.00159. The van der Waals surface area contributed by atoms with E-state index in [2.05, 4.69) is 37.1 Å². The maximum Gasteiger partial charge on any atom is 0.241 e. The number of aromatic amines is 1. The molecule has 1 fully saturated rings. The summed E-state index contributed by atoms with van der Waals surface area (Å²) in [4.78, 5) is 28.8. The maximum atomic E-state index is 12.8. The molecule has 0 aliphatic carbocycles. The summed E-state index contributed by atoms with van der Waals surface area (Å²) in [5, 5.41) is 4.26. The summed E-state index contributed by atoms with van der Waals surface area (Å²) >= 11 is 5.93. The van der Waals surface area contributed by atoms with Crippen molar-refractivity contribution >= 4 is 34.1 Å². The molecule has 1 aliphatic heterocycles. The second kappa shape index (κ2) is 7.87.